The number of hydrogen-bond acceptors (Lipinski definition) is 22. The molecule has 131 heavy (non-hydrogen) atoms. The van der Waals surface area contributed by atoms with Gasteiger partial charge in [0.2, 0.25) is 23.5 Å². The number of aromatic carboxylic acids is 1. The van der Waals surface area contributed by atoms with Gasteiger partial charge in [-0.05, 0) is 319 Å². The molecule has 23 rings (SSSR count). The number of aromatic nitrogens is 4. The van der Waals surface area contributed by atoms with E-state index in [1.165, 1.54) is 74.4 Å². The van der Waals surface area contributed by atoms with Gasteiger partial charge in [0.25, 0.3) is 11.8 Å². The number of phenols is 1. The number of carboxylic acids is 1. The number of rotatable bonds is 23. The molecule has 2 amide bonds. The van der Waals surface area contributed by atoms with Crippen LogP contribution in [-0.4, -0.2) is 172 Å². The van der Waals surface area contributed by atoms with Crippen LogP contribution in [0.15, 0.2) is 223 Å². The maximum atomic E-state index is 12.4. The number of phenolic OH excluding ortho intramolecular Hbond substituents is 1. The number of likely N-dealkylation sites (tertiary alicyclic amines) is 3. The number of amides is 2. The molecule has 6 unspecified atom stereocenters. The number of esters is 1. The lowest BCUT2D eigenvalue weighted by molar-refractivity contribution is -0.130. The first-order chi connectivity index (χ1) is 63.7. The van der Waals surface area contributed by atoms with Crippen LogP contribution in [0.2, 0.25) is 0 Å². The monoisotopic (exact) mass is 1970 g/mol. The SMILES string of the molecule is BrC1CC1.Brc1ccc(OC2CC2)cc1.CCCN1CCC2Cc3c(/C(N)=N/O)cccc3C21.COC(=O)c1ccc(OC2CC2)cc1.O=C(O)c1ccc(OC2CC2)cc1.O=C1CC2Cc3c(-c4noc(-c5ccc(OC6CC6)cc5)n4)cccc3C2N1CCO.O=C1CC2Cc3c(-c4noc(-c5ccc(OC6CC6)cc5)n4)cccc3C2N1CCO.Oc1ccc(Br)cc1. The summed E-state index contributed by atoms with van der Waals surface area (Å²) < 4.78 is 46.0. The second-order valence-electron chi connectivity index (χ2n) is 34.6. The number of aliphatic hydroxyl groups excluding tert-OH is 2. The Morgan fingerprint density at radius 2 is 0.847 bits per heavy atom. The lowest BCUT2D eigenvalue weighted by atomic mass is 10.0. The lowest BCUT2D eigenvalue weighted by Gasteiger charge is -2.24. The molecule has 9 aliphatic carbocycles. The minimum absolute atomic E-state index is 0.0251. The Balaban J connectivity index is 0.000000116. The molecule has 6 atom stereocenters. The molecule has 6 saturated carbocycles. The van der Waals surface area contributed by atoms with Gasteiger partial charge in [-0.3, -0.25) is 14.5 Å². The first kappa shape index (κ1) is 92.8. The number of aromatic hydroxyl groups is 1. The Bertz CT molecular complexity index is 5540. The molecule has 3 saturated heterocycles. The van der Waals surface area contributed by atoms with Gasteiger partial charge < -0.3 is 78.6 Å². The Kier molecular flexibility index (Phi) is 30.6. The fourth-order valence-corrected chi connectivity index (χ4v) is 18.1. The molecule has 5 heterocycles. The van der Waals surface area contributed by atoms with Crippen molar-refractivity contribution in [3.8, 4) is 80.2 Å². The molecule has 2 aromatic heterocycles. The largest absolute Gasteiger partial charge is 0.508 e. The highest BCUT2D eigenvalue weighted by atomic mass is 79.9. The Morgan fingerprint density at radius 3 is 1.21 bits per heavy atom. The minimum Gasteiger partial charge on any atom is -0.508 e. The second kappa shape index (κ2) is 43.3. The van der Waals surface area contributed by atoms with E-state index >= 15 is 0 Å². The van der Waals surface area contributed by atoms with Gasteiger partial charge in [-0.1, -0.05) is 125 Å². The lowest BCUT2D eigenvalue weighted by Crippen LogP contribution is -2.30. The Morgan fingerprint density at radius 1 is 0.473 bits per heavy atom. The maximum Gasteiger partial charge on any atom is 0.337 e. The summed E-state index contributed by atoms with van der Waals surface area (Å²) in [5, 5.41) is 56.7. The van der Waals surface area contributed by atoms with E-state index in [0.717, 1.165) is 159 Å². The number of halogens is 3. The number of amidine groups is 1. The number of carboxylic acid groups (broad SMARTS) is 1. The molecule has 0 radical (unpaired) electrons. The number of oxime groups is 1. The number of benzene rings is 9. The molecule has 9 fully saturated rings. The molecule has 26 nitrogen and oxygen atoms in total. The average Bonchev–Trinajstić information content (AvgIpc) is 1.60. The Hall–Kier alpha value is -11.5. The van der Waals surface area contributed by atoms with Crippen LogP contribution in [0.1, 0.15) is 187 Å². The third kappa shape index (κ3) is 24.5. The number of methoxy groups -OCH3 is 1. The van der Waals surface area contributed by atoms with Crippen LogP contribution >= 0.6 is 47.8 Å². The van der Waals surface area contributed by atoms with Gasteiger partial charge >= 0.3 is 11.9 Å². The summed E-state index contributed by atoms with van der Waals surface area (Å²) in [4.78, 5) is 62.7. The van der Waals surface area contributed by atoms with Crippen molar-refractivity contribution in [2.75, 3.05) is 46.5 Å². The van der Waals surface area contributed by atoms with Crippen molar-refractivity contribution in [2.24, 2.45) is 28.6 Å². The summed E-state index contributed by atoms with van der Waals surface area (Å²) in [6, 6.07) is 62.8. The molecule has 9 aromatic carbocycles. The highest BCUT2D eigenvalue weighted by Gasteiger charge is 2.48. The van der Waals surface area contributed by atoms with Crippen molar-refractivity contribution in [1.82, 2.24) is 35.0 Å². The summed E-state index contributed by atoms with van der Waals surface area (Å²) in [5.74, 6) is 7.08. The van der Waals surface area contributed by atoms with Gasteiger partial charge in [-0.15, -0.1) is 0 Å². The van der Waals surface area contributed by atoms with E-state index < -0.39 is 5.97 Å². The number of ether oxygens (including phenoxy) is 6. The molecule has 0 bridgehead atoms. The van der Waals surface area contributed by atoms with Gasteiger partial charge in [-0.2, -0.15) is 9.97 Å². The van der Waals surface area contributed by atoms with E-state index in [1.807, 2.05) is 119 Å². The smallest absolute Gasteiger partial charge is 0.337 e. The quantitative estimate of drug-likeness (QED) is 0.00865. The third-order valence-corrected chi connectivity index (χ3v) is 26.4. The summed E-state index contributed by atoms with van der Waals surface area (Å²) in [7, 11) is 1.37. The van der Waals surface area contributed by atoms with E-state index in [2.05, 4.69) is 108 Å². The summed E-state index contributed by atoms with van der Waals surface area (Å²) >= 11 is 9.99. The van der Waals surface area contributed by atoms with Crippen LogP contribution in [-0.2, 0) is 33.6 Å². The third-order valence-electron chi connectivity index (χ3n) is 24.5. The number of hydrogen-bond donors (Lipinski definition) is 6. The number of carbonyl (C=O) groups is 4. The van der Waals surface area contributed by atoms with Gasteiger partial charge in [0.15, 0.2) is 5.84 Å². The highest BCUT2D eigenvalue weighted by Crippen LogP contribution is 2.52. The molecule has 3 aliphatic heterocycles. The van der Waals surface area contributed by atoms with Crippen LogP contribution in [0.25, 0.3) is 45.7 Å². The van der Waals surface area contributed by atoms with E-state index in [9.17, 15) is 29.4 Å². The number of fused-ring (bicyclic) bond motifs is 9. The molecule has 684 valence electrons. The predicted molar refractivity (Wildman–Crippen MR) is 504 cm³/mol. The number of β-amino-alcohol motifs (C(OH)–C–C–N with tert-alkyl or cyclic N) is 2. The number of aliphatic hydroxyl groups is 2. The number of alkyl halides is 1. The fraction of sp³-hybridized carbons (Fsp3) is 0.382. The standard InChI is InChI=1S/2C24H23N3O4.C15H21N3O.C11H12O3.C10H10O3.C9H9BrO.C6H5BrO.C3H5Br/c2*28-11-10-27-21(29)13-15-12-20-18(22(15)27)2-1-3-19(20)23-25-24(31-26-23)14-4-6-16(7-5-14)30-17-8-9-17;1-2-7-18-8-6-10-9-13-11(14(10)18)4-3-5-12(13)15(16)17-19;1-13-11(12)8-2-4-9(5-3-8)14-10-6-7-10;11-10(12)7-1-3-8(4-2-7)13-9-5-6-9;10-7-1-3-8(4-2-7)11-9-5-6-9;7-5-1-3-6(8)4-2-5;4-3-1-2-3/h2*1-7,15,17,22,28H,8-13H2;3-5,10,14,19H,2,6-9H2,1H3,(H2,16,17);2-5,10H,6-7H2,1H3;1-4,9H,5-6H2,(H,11,12);1-4,9H,5-6H2;1-4,8H;3H,1-2H2. The summed E-state index contributed by atoms with van der Waals surface area (Å²) in [6.07, 6.45) is 22.4. The first-order valence-corrected chi connectivity index (χ1v) is 47.7. The van der Waals surface area contributed by atoms with Crippen molar-refractivity contribution in [3.63, 3.8) is 0 Å². The van der Waals surface area contributed by atoms with Crippen LogP contribution < -0.4 is 29.4 Å². The first-order valence-electron chi connectivity index (χ1n) is 45.2. The maximum absolute atomic E-state index is 12.4. The highest BCUT2D eigenvalue weighted by molar-refractivity contribution is 9.10. The van der Waals surface area contributed by atoms with Gasteiger partial charge in [0.05, 0.1) is 74.1 Å². The Labute approximate surface area is 786 Å². The minimum atomic E-state index is -0.905. The fourth-order valence-electron chi connectivity index (χ4n) is 17.3. The van der Waals surface area contributed by atoms with Gasteiger partial charge in [0.1, 0.15) is 34.5 Å². The van der Waals surface area contributed by atoms with Crippen LogP contribution in [0, 0.1) is 17.8 Å². The topological polar surface area (TPSA) is 351 Å². The van der Waals surface area contributed by atoms with E-state index in [4.69, 9.17) is 53.9 Å². The van der Waals surface area contributed by atoms with E-state index in [-0.39, 0.29) is 60.8 Å². The van der Waals surface area contributed by atoms with Crippen molar-refractivity contribution < 1.29 is 82.3 Å². The van der Waals surface area contributed by atoms with Crippen LogP contribution in [0.3, 0.4) is 0 Å². The second-order valence-corrected chi connectivity index (χ2v) is 37.7. The van der Waals surface area contributed by atoms with Crippen LogP contribution in [0.4, 0.5) is 0 Å². The predicted octanol–water partition coefficient (Wildman–Crippen LogP) is 19.5. The molecule has 12 aliphatic rings. The zero-order chi connectivity index (χ0) is 91.2. The number of nitrogens with zero attached hydrogens (tertiary/aromatic N) is 8. The normalized spacial score (nSPS) is 20.1. The number of carbonyl (C=O) groups excluding carboxylic acids is 3. The molecular formula is C102H108Br3N9O17. The molecular weight excluding hydrogens is 1860 g/mol. The van der Waals surface area contributed by atoms with Crippen LogP contribution in [0.5, 0.6) is 34.5 Å². The van der Waals surface area contributed by atoms with Crippen molar-refractivity contribution in [1.29, 1.82) is 0 Å². The van der Waals surface area contributed by atoms with E-state index in [1.54, 1.807) is 72.8 Å². The average molecular weight is 1970 g/mol. The molecule has 11 aromatic rings. The molecule has 29 heteroatoms. The zero-order valence-electron chi connectivity index (χ0n) is 73.1. The number of nitrogens with two attached hydrogens (primary N) is 1. The van der Waals surface area contributed by atoms with Crippen molar-refractivity contribution in [3.05, 3.63) is 259 Å². The molecule has 7 N–H and O–H groups in total. The zero-order valence-corrected chi connectivity index (χ0v) is 77.8. The van der Waals surface area contributed by atoms with Gasteiger partial charge in [0, 0.05) is 73.6 Å². The van der Waals surface area contributed by atoms with Crippen molar-refractivity contribution >= 4 is 77.4 Å². The van der Waals surface area contributed by atoms with Crippen molar-refractivity contribution in [2.45, 2.75) is 182 Å². The van der Waals surface area contributed by atoms with Gasteiger partial charge in [-0.25, -0.2) is 9.59 Å². The van der Waals surface area contributed by atoms with E-state index in [0.29, 0.717) is 109 Å². The molecule has 0 spiro atoms. The summed E-state index contributed by atoms with van der Waals surface area (Å²) in [6.45, 7) is 5.29. The summed E-state index contributed by atoms with van der Waals surface area (Å²) in [5.41, 5.74) is 18.5.